The summed E-state index contributed by atoms with van der Waals surface area (Å²) in [6, 6.07) is 16.4. The Kier molecular flexibility index (Phi) is 11.7. The Balaban J connectivity index is 0.00000385. The molecule has 0 aliphatic carbocycles. The van der Waals surface area contributed by atoms with Gasteiger partial charge in [-0.25, -0.2) is 9.98 Å². The molecule has 0 bridgehead atoms. The van der Waals surface area contributed by atoms with Crippen LogP contribution in [0.15, 0.2) is 59.7 Å². The van der Waals surface area contributed by atoms with Crippen LogP contribution in [0.2, 0.25) is 0 Å². The maximum absolute atomic E-state index is 5.94. The fraction of sp³-hybridized carbons (Fsp3) is 0.360. The summed E-state index contributed by atoms with van der Waals surface area (Å²) < 4.78 is 11.3. The largest absolute Gasteiger partial charge is 0.491 e. The summed E-state index contributed by atoms with van der Waals surface area (Å²) in [6.45, 7) is 9.69. The molecule has 8 heteroatoms. The molecule has 3 rings (SSSR count). The van der Waals surface area contributed by atoms with Gasteiger partial charge >= 0.3 is 0 Å². The lowest BCUT2D eigenvalue weighted by molar-refractivity contribution is 0.110. The number of hydrogen-bond acceptors (Lipinski definition) is 4. The van der Waals surface area contributed by atoms with E-state index in [2.05, 4.69) is 51.8 Å². The Morgan fingerprint density at radius 1 is 1.06 bits per heavy atom. The Morgan fingerprint density at radius 3 is 2.64 bits per heavy atom. The van der Waals surface area contributed by atoms with Crippen LogP contribution in [0.3, 0.4) is 0 Å². The first-order chi connectivity index (χ1) is 15.7. The van der Waals surface area contributed by atoms with Crippen molar-refractivity contribution in [2.24, 2.45) is 4.99 Å². The molecular formula is C25H34IN5O2. The number of H-pyrrole nitrogens is 1. The molecule has 0 aliphatic rings. The molecule has 0 radical (unpaired) electrons. The summed E-state index contributed by atoms with van der Waals surface area (Å²) in [7, 11) is 0. The number of nitrogens with zero attached hydrogens (tertiary/aromatic N) is 2. The van der Waals surface area contributed by atoms with Crippen LogP contribution in [0.25, 0.3) is 11.3 Å². The molecular weight excluding hydrogens is 529 g/mol. The number of aromatic nitrogens is 2. The van der Waals surface area contributed by atoms with Gasteiger partial charge in [0.15, 0.2) is 5.96 Å². The van der Waals surface area contributed by atoms with E-state index < -0.39 is 0 Å². The number of guanidine groups is 1. The van der Waals surface area contributed by atoms with Crippen LogP contribution in [0, 0.1) is 6.92 Å². The average molecular weight is 563 g/mol. The van der Waals surface area contributed by atoms with E-state index in [4.69, 9.17) is 14.5 Å². The van der Waals surface area contributed by atoms with Crippen LogP contribution in [-0.4, -0.2) is 42.3 Å². The molecule has 0 unspecified atom stereocenters. The maximum Gasteiger partial charge on any atom is 0.191 e. The van der Waals surface area contributed by atoms with Crippen molar-refractivity contribution in [2.75, 3.05) is 26.4 Å². The van der Waals surface area contributed by atoms with Crippen molar-refractivity contribution in [2.45, 2.75) is 33.9 Å². The van der Waals surface area contributed by atoms with Gasteiger partial charge in [-0.15, -0.1) is 24.0 Å². The molecule has 0 atom stereocenters. The van der Waals surface area contributed by atoms with E-state index >= 15 is 0 Å². The highest BCUT2D eigenvalue weighted by Crippen LogP contribution is 2.21. The average Bonchev–Trinajstić information content (AvgIpc) is 3.29. The SMILES string of the molecule is CCNC(=NCc1ccc(C)cc1OCCOCC)NCc1ncc(-c2ccccc2)[nH]1.I. The second-order valence-corrected chi connectivity index (χ2v) is 7.31. The van der Waals surface area contributed by atoms with Gasteiger partial charge in [-0.1, -0.05) is 42.5 Å². The van der Waals surface area contributed by atoms with Gasteiger partial charge in [0.1, 0.15) is 18.2 Å². The van der Waals surface area contributed by atoms with Crippen LogP contribution < -0.4 is 15.4 Å². The number of imidazole rings is 1. The molecule has 7 nitrogen and oxygen atoms in total. The van der Waals surface area contributed by atoms with Crippen LogP contribution in [0.5, 0.6) is 5.75 Å². The summed E-state index contributed by atoms with van der Waals surface area (Å²) in [5, 5.41) is 6.64. The summed E-state index contributed by atoms with van der Waals surface area (Å²) in [5.41, 5.74) is 4.30. The number of benzene rings is 2. The van der Waals surface area contributed by atoms with Crippen molar-refractivity contribution in [1.29, 1.82) is 0 Å². The quantitative estimate of drug-likeness (QED) is 0.137. The first-order valence-corrected chi connectivity index (χ1v) is 11.1. The number of nitrogens with one attached hydrogen (secondary N) is 3. The minimum absolute atomic E-state index is 0. The standard InChI is InChI=1S/C25H33N5O2.HI/c1-4-26-25(29-18-24-27-17-22(30-24)20-9-7-6-8-10-20)28-16-21-12-11-19(3)15-23(21)32-14-13-31-5-2;/h6-12,15,17H,4-5,13-14,16,18H2,1-3H3,(H,27,30)(H2,26,28,29);1H. The normalized spacial score (nSPS) is 11.1. The topological polar surface area (TPSA) is 83.6 Å². The van der Waals surface area contributed by atoms with E-state index in [0.29, 0.717) is 32.9 Å². The molecule has 0 saturated carbocycles. The molecule has 0 saturated heterocycles. The zero-order valence-corrected chi connectivity index (χ0v) is 21.9. The van der Waals surface area contributed by atoms with Gasteiger partial charge in [-0.05, 0) is 38.0 Å². The van der Waals surface area contributed by atoms with Gasteiger partial charge in [0, 0.05) is 18.7 Å². The third-order valence-corrected chi connectivity index (χ3v) is 4.80. The van der Waals surface area contributed by atoms with Crippen molar-refractivity contribution in [3.05, 3.63) is 71.7 Å². The molecule has 0 spiro atoms. The maximum atomic E-state index is 5.94. The Morgan fingerprint density at radius 2 is 1.88 bits per heavy atom. The predicted octanol–water partition coefficient (Wildman–Crippen LogP) is 4.67. The van der Waals surface area contributed by atoms with Crippen molar-refractivity contribution in [3.8, 4) is 17.0 Å². The lowest BCUT2D eigenvalue weighted by Gasteiger charge is -2.13. The van der Waals surface area contributed by atoms with E-state index in [1.54, 1.807) is 0 Å². The Bertz CT molecular complexity index is 991. The number of aromatic amines is 1. The molecule has 1 heterocycles. The summed E-state index contributed by atoms with van der Waals surface area (Å²) in [4.78, 5) is 12.6. The van der Waals surface area contributed by atoms with Gasteiger partial charge in [0.05, 0.1) is 31.6 Å². The van der Waals surface area contributed by atoms with E-state index in [0.717, 1.165) is 46.5 Å². The van der Waals surface area contributed by atoms with E-state index in [-0.39, 0.29) is 24.0 Å². The van der Waals surface area contributed by atoms with Crippen molar-refractivity contribution in [1.82, 2.24) is 20.6 Å². The first kappa shape index (κ1) is 26.7. The van der Waals surface area contributed by atoms with Crippen molar-refractivity contribution < 1.29 is 9.47 Å². The Hall–Kier alpha value is -2.59. The summed E-state index contributed by atoms with van der Waals surface area (Å²) >= 11 is 0. The van der Waals surface area contributed by atoms with Crippen LogP contribution in [0.4, 0.5) is 0 Å². The third kappa shape index (κ3) is 8.70. The second kappa shape index (κ2) is 14.5. The highest BCUT2D eigenvalue weighted by atomic mass is 127. The fourth-order valence-electron chi connectivity index (χ4n) is 3.17. The first-order valence-electron chi connectivity index (χ1n) is 11.1. The molecule has 0 fully saturated rings. The number of halogens is 1. The highest BCUT2D eigenvalue weighted by Gasteiger charge is 2.07. The number of hydrogen-bond donors (Lipinski definition) is 3. The second-order valence-electron chi connectivity index (χ2n) is 7.31. The Labute approximate surface area is 213 Å². The minimum Gasteiger partial charge on any atom is -0.491 e. The van der Waals surface area contributed by atoms with Gasteiger partial charge in [0.25, 0.3) is 0 Å². The lowest BCUT2D eigenvalue weighted by atomic mass is 10.1. The smallest absolute Gasteiger partial charge is 0.191 e. The predicted molar refractivity (Wildman–Crippen MR) is 144 cm³/mol. The molecule has 0 amide bonds. The molecule has 33 heavy (non-hydrogen) atoms. The molecule has 0 aliphatic heterocycles. The number of aliphatic imine (C=N–C) groups is 1. The molecule has 3 aromatic rings. The summed E-state index contributed by atoms with van der Waals surface area (Å²) in [5.74, 6) is 2.43. The number of rotatable bonds is 11. The van der Waals surface area contributed by atoms with Crippen LogP contribution in [0.1, 0.15) is 30.8 Å². The molecule has 2 aromatic carbocycles. The minimum atomic E-state index is 0. The van der Waals surface area contributed by atoms with Crippen LogP contribution in [-0.2, 0) is 17.8 Å². The zero-order chi connectivity index (χ0) is 22.6. The lowest BCUT2D eigenvalue weighted by Crippen LogP contribution is -2.37. The molecule has 3 N–H and O–H groups in total. The monoisotopic (exact) mass is 563 g/mol. The third-order valence-electron chi connectivity index (χ3n) is 4.80. The molecule has 1 aromatic heterocycles. The van der Waals surface area contributed by atoms with Gasteiger partial charge in [-0.2, -0.15) is 0 Å². The van der Waals surface area contributed by atoms with Gasteiger partial charge in [0.2, 0.25) is 0 Å². The fourth-order valence-corrected chi connectivity index (χ4v) is 3.17. The highest BCUT2D eigenvalue weighted by molar-refractivity contribution is 14.0. The summed E-state index contributed by atoms with van der Waals surface area (Å²) in [6.07, 6.45) is 1.86. The zero-order valence-electron chi connectivity index (χ0n) is 19.6. The molecule has 178 valence electrons. The van der Waals surface area contributed by atoms with Gasteiger partial charge < -0.3 is 25.1 Å². The van der Waals surface area contributed by atoms with Crippen LogP contribution >= 0.6 is 24.0 Å². The van der Waals surface area contributed by atoms with E-state index in [1.807, 2.05) is 44.3 Å². The number of aryl methyl sites for hydroxylation is 1. The van der Waals surface area contributed by atoms with E-state index in [9.17, 15) is 0 Å². The number of ether oxygens (including phenoxy) is 2. The van der Waals surface area contributed by atoms with Crippen molar-refractivity contribution >= 4 is 29.9 Å². The van der Waals surface area contributed by atoms with E-state index in [1.165, 1.54) is 0 Å². The van der Waals surface area contributed by atoms with Crippen molar-refractivity contribution in [3.63, 3.8) is 0 Å². The van der Waals surface area contributed by atoms with Gasteiger partial charge in [-0.3, -0.25) is 0 Å².